The van der Waals surface area contributed by atoms with E-state index in [9.17, 15) is 13.2 Å². The largest absolute Gasteiger partial charge is 0.432 e. The lowest BCUT2D eigenvalue weighted by Gasteiger charge is -2.30. The van der Waals surface area contributed by atoms with E-state index in [1.165, 1.54) is 0 Å². The van der Waals surface area contributed by atoms with E-state index in [4.69, 9.17) is 4.52 Å². The van der Waals surface area contributed by atoms with Gasteiger partial charge in [0, 0.05) is 26.6 Å². The van der Waals surface area contributed by atoms with Crippen LogP contribution < -0.4 is 4.90 Å². The lowest BCUT2D eigenvalue weighted by molar-refractivity contribution is -0.141. The maximum atomic E-state index is 12.7. The maximum absolute atomic E-state index is 12.7. The van der Waals surface area contributed by atoms with Gasteiger partial charge >= 0.3 is 6.18 Å². The third kappa shape index (κ3) is 3.69. The monoisotopic (exact) mass is 344 g/mol. The van der Waals surface area contributed by atoms with E-state index >= 15 is 0 Å². The van der Waals surface area contributed by atoms with E-state index in [2.05, 4.69) is 25.0 Å². The van der Waals surface area contributed by atoms with Crippen LogP contribution in [0, 0.1) is 0 Å². The van der Waals surface area contributed by atoms with Crippen molar-refractivity contribution in [2.75, 3.05) is 32.1 Å². The van der Waals surface area contributed by atoms with E-state index in [-0.39, 0.29) is 5.92 Å². The fourth-order valence-electron chi connectivity index (χ4n) is 2.79. The molecule has 2 aromatic heterocycles. The molecule has 1 N–H and O–H groups in total. The molecule has 3 heterocycles. The van der Waals surface area contributed by atoms with Gasteiger partial charge in [-0.05, 0) is 24.5 Å². The number of hydrogen-bond acceptors (Lipinski definition) is 6. The van der Waals surface area contributed by atoms with Crippen LogP contribution >= 0.6 is 0 Å². The molecule has 2 aromatic rings. The number of nitrogens with zero attached hydrogens (tertiary/aromatic N) is 5. The summed E-state index contributed by atoms with van der Waals surface area (Å²) in [5.41, 5.74) is -0.804. The second kappa shape index (κ2) is 6.42. The first-order valence-electron chi connectivity index (χ1n) is 7.67. The molecule has 0 aromatic carbocycles. The number of likely N-dealkylation sites (tertiary alicyclic amines) is 1. The first-order chi connectivity index (χ1) is 11.3. The lowest BCUT2D eigenvalue weighted by atomic mass is 9.97. The zero-order chi connectivity index (χ0) is 17.3. The fourth-order valence-corrected chi connectivity index (χ4v) is 2.79. The molecule has 0 saturated carbocycles. The van der Waals surface area contributed by atoms with Crippen molar-refractivity contribution >= 4 is 5.95 Å². The molecule has 3 rings (SSSR count). The third-order valence-electron chi connectivity index (χ3n) is 4.01. The van der Waals surface area contributed by atoms with Gasteiger partial charge in [-0.1, -0.05) is 0 Å². The Balaban J connectivity index is 1.64. The topological polar surface area (TPSA) is 74.1 Å². The van der Waals surface area contributed by atoms with Gasteiger partial charge in [-0.15, -0.1) is 0 Å². The molecule has 0 spiro atoms. The third-order valence-corrected chi connectivity index (χ3v) is 4.01. The van der Waals surface area contributed by atoms with Crippen LogP contribution in [-0.4, -0.2) is 52.2 Å². The Morgan fingerprint density at radius 2 is 2.21 bits per heavy atom. The standard InChI is InChI=1S/C14H19F3N6O/c1-22(2)13-20-11(24-21-13)8-23-5-3-4-9(7-23)12-18-6-10(19-12)14(15,16)17/h6,9H,3-5,7-8H2,1-2H3,(H,18,19). The first kappa shape index (κ1) is 16.7. The summed E-state index contributed by atoms with van der Waals surface area (Å²) in [7, 11) is 3.64. The minimum Gasteiger partial charge on any atom is -0.344 e. The van der Waals surface area contributed by atoms with E-state index in [0.29, 0.717) is 30.8 Å². The highest BCUT2D eigenvalue weighted by atomic mass is 19.4. The van der Waals surface area contributed by atoms with Crippen LogP contribution in [-0.2, 0) is 12.7 Å². The summed E-state index contributed by atoms with van der Waals surface area (Å²) in [4.78, 5) is 14.4. The van der Waals surface area contributed by atoms with Crippen molar-refractivity contribution in [1.29, 1.82) is 0 Å². The predicted molar refractivity (Wildman–Crippen MR) is 79.5 cm³/mol. The normalized spacial score (nSPS) is 19.6. The summed E-state index contributed by atoms with van der Waals surface area (Å²) in [5.74, 6) is 1.31. The van der Waals surface area contributed by atoms with Gasteiger partial charge in [-0.25, -0.2) is 4.98 Å². The van der Waals surface area contributed by atoms with Crippen molar-refractivity contribution < 1.29 is 17.7 Å². The zero-order valence-corrected chi connectivity index (χ0v) is 13.5. The molecular weight excluding hydrogens is 325 g/mol. The summed E-state index contributed by atoms with van der Waals surface area (Å²) in [6.45, 7) is 1.91. The quantitative estimate of drug-likeness (QED) is 0.917. The highest BCUT2D eigenvalue weighted by molar-refractivity contribution is 5.23. The van der Waals surface area contributed by atoms with Crippen molar-refractivity contribution in [2.45, 2.75) is 31.5 Å². The van der Waals surface area contributed by atoms with Gasteiger partial charge in [0.05, 0.1) is 12.7 Å². The summed E-state index contributed by atoms with van der Waals surface area (Å²) >= 11 is 0. The van der Waals surface area contributed by atoms with Crippen molar-refractivity contribution in [3.05, 3.63) is 23.6 Å². The molecule has 0 aliphatic carbocycles. The van der Waals surface area contributed by atoms with Crippen LogP contribution in [0.5, 0.6) is 0 Å². The fraction of sp³-hybridized carbons (Fsp3) is 0.643. The molecular formula is C14H19F3N6O. The van der Waals surface area contributed by atoms with Crippen LogP contribution in [0.2, 0.25) is 0 Å². The van der Waals surface area contributed by atoms with Gasteiger partial charge in [0.1, 0.15) is 11.5 Å². The molecule has 0 amide bonds. The Kier molecular flexibility index (Phi) is 4.48. The Morgan fingerprint density at radius 3 is 2.83 bits per heavy atom. The molecule has 0 radical (unpaired) electrons. The Bertz CT molecular complexity index is 680. The summed E-state index contributed by atoms with van der Waals surface area (Å²) in [6.07, 6.45) is -1.86. The molecule has 0 bridgehead atoms. The predicted octanol–water partition coefficient (Wildman–Crippen LogP) is 2.26. The average Bonchev–Trinajstić information content (AvgIpc) is 3.16. The van der Waals surface area contributed by atoms with Gasteiger partial charge < -0.3 is 14.4 Å². The average molecular weight is 344 g/mol. The van der Waals surface area contributed by atoms with Gasteiger partial charge in [-0.3, -0.25) is 4.90 Å². The minimum absolute atomic E-state index is 0.0638. The van der Waals surface area contributed by atoms with Crippen LogP contribution in [0.15, 0.2) is 10.7 Å². The number of piperidine rings is 1. The zero-order valence-electron chi connectivity index (χ0n) is 13.5. The van der Waals surface area contributed by atoms with Gasteiger partial charge in [-0.2, -0.15) is 18.2 Å². The molecule has 1 atom stereocenters. The molecule has 1 aliphatic heterocycles. The highest BCUT2D eigenvalue weighted by Gasteiger charge is 2.34. The van der Waals surface area contributed by atoms with Crippen molar-refractivity contribution in [2.24, 2.45) is 0 Å². The number of aromatic amines is 1. The summed E-state index contributed by atoms with van der Waals surface area (Å²) in [6, 6.07) is 0. The van der Waals surface area contributed by atoms with Crippen molar-refractivity contribution in [3.8, 4) is 0 Å². The summed E-state index contributed by atoms with van der Waals surface area (Å²) in [5, 5.41) is 3.86. The molecule has 1 fully saturated rings. The second-order valence-corrected chi connectivity index (χ2v) is 6.14. The van der Waals surface area contributed by atoms with Gasteiger partial charge in [0.2, 0.25) is 5.89 Å². The second-order valence-electron chi connectivity index (χ2n) is 6.14. The van der Waals surface area contributed by atoms with Gasteiger partial charge in [0.15, 0.2) is 0 Å². The van der Waals surface area contributed by atoms with Crippen molar-refractivity contribution in [1.82, 2.24) is 25.0 Å². The number of aromatic nitrogens is 4. The lowest BCUT2D eigenvalue weighted by Crippen LogP contribution is -2.34. The number of nitrogens with one attached hydrogen (secondary N) is 1. The smallest absolute Gasteiger partial charge is 0.344 e. The number of halogens is 3. The number of imidazole rings is 1. The van der Waals surface area contributed by atoms with E-state index < -0.39 is 11.9 Å². The number of hydrogen-bond donors (Lipinski definition) is 1. The van der Waals surface area contributed by atoms with Crippen LogP contribution in [0.25, 0.3) is 0 Å². The number of H-pyrrole nitrogens is 1. The number of rotatable bonds is 4. The van der Waals surface area contributed by atoms with Crippen LogP contribution in [0.1, 0.15) is 36.2 Å². The molecule has 10 heteroatoms. The molecule has 7 nitrogen and oxygen atoms in total. The maximum Gasteiger partial charge on any atom is 0.432 e. The van der Waals surface area contributed by atoms with Gasteiger partial charge in [0.25, 0.3) is 5.95 Å². The Labute approximate surface area is 136 Å². The Hall–Kier alpha value is -2.10. The SMILES string of the molecule is CN(C)c1noc(CN2CCCC(c3ncc(C(F)(F)F)[nH]3)C2)n1. The van der Waals surface area contributed by atoms with Crippen LogP contribution in [0.3, 0.4) is 0 Å². The molecule has 132 valence electrons. The minimum atomic E-state index is -4.40. The van der Waals surface area contributed by atoms with E-state index in [0.717, 1.165) is 25.6 Å². The first-order valence-corrected chi connectivity index (χ1v) is 7.67. The van der Waals surface area contributed by atoms with E-state index in [1.807, 2.05) is 14.1 Å². The van der Waals surface area contributed by atoms with E-state index in [1.54, 1.807) is 4.90 Å². The summed E-state index contributed by atoms with van der Waals surface area (Å²) < 4.78 is 43.3. The highest BCUT2D eigenvalue weighted by Crippen LogP contribution is 2.31. The number of anilines is 1. The molecule has 1 unspecified atom stereocenters. The number of alkyl halides is 3. The Morgan fingerprint density at radius 1 is 1.42 bits per heavy atom. The van der Waals surface area contributed by atoms with Crippen molar-refractivity contribution in [3.63, 3.8) is 0 Å². The molecule has 24 heavy (non-hydrogen) atoms. The molecule has 1 aliphatic rings. The molecule has 1 saturated heterocycles. The van der Waals surface area contributed by atoms with Crippen LogP contribution in [0.4, 0.5) is 19.1 Å².